The van der Waals surface area contributed by atoms with E-state index in [1.807, 2.05) is 54.9 Å². The van der Waals surface area contributed by atoms with Gasteiger partial charge in [-0.2, -0.15) is 0 Å². The summed E-state index contributed by atoms with van der Waals surface area (Å²) in [5.41, 5.74) is 0. The average Bonchev–Trinajstić information content (AvgIpc) is 2.23. The fourth-order valence-electron chi connectivity index (χ4n) is 1.06. The molecule has 0 spiro atoms. The first-order chi connectivity index (χ1) is 6.84. The molecule has 1 aromatic heterocycles. The molecule has 0 fully saturated rings. The van der Waals surface area contributed by atoms with Crippen LogP contribution in [-0.4, -0.2) is 0 Å². The first kappa shape index (κ1) is 9.21. The van der Waals surface area contributed by atoms with E-state index in [-0.39, 0.29) is 0 Å². The van der Waals surface area contributed by atoms with Gasteiger partial charge in [0.05, 0.1) is 0 Å². The van der Waals surface area contributed by atoms with Gasteiger partial charge < -0.3 is 0 Å². The summed E-state index contributed by atoms with van der Waals surface area (Å²) >= 11 is 3.37. The lowest BCUT2D eigenvalue weighted by Crippen LogP contribution is -2.38. The van der Waals surface area contributed by atoms with Gasteiger partial charge in [0.25, 0.3) is 0 Å². The van der Waals surface area contributed by atoms with Crippen LogP contribution >= 0.6 is 15.9 Å². The molecule has 2 aromatic rings. The summed E-state index contributed by atoms with van der Waals surface area (Å²) in [6, 6.07) is 13.5. The second kappa shape index (κ2) is 4.24. The summed E-state index contributed by atoms with van der Waals surface area (Å²) in [6.07, 6.45) is 3.70. The second-order valence-electron chi connectivity index (χ2n) is 2.78. The molecule has 2 rings (SSSR count). The number of hydrogen-bond donors (Lipinski definition) is 0. The van der Waals surface area contributed by atoms with Crippen LogP contribution in [0.4, 0.5) is 0 Å². The predicted molar refractivity (Wildman–Crippen MR) is 56.8 cm³/mol. The number of aromatic nitrogens is 1. The number of pyridine rings is 1. The predicted octanol–water partition coefficient (Wildman–Crippen LogP) is 2.58. The summed E-state index contributed by atoms with van der Waals surface area (Å²) < 4.78 is 2.70. The molecule has 0 unspecified atom stereocenters. The van der Waals surface area contributed by atoms with Crippen molar-refractivity contribution in [1.29, 1.82) is 0 Å². The van der Waals surface area contributed by atoms with Gasteiger partial charge in [0.1, 0.15) is 0 Å². The molecule has 0 atom stereocenters. The van der Waals surface area contributed by atoms with Crippen molar-refractivity contribution in [3.05, 3.63) is 59.3 Å². The Hall–Kier alpha value is -1.35. The molecule has 0 aliphatic carbocycles. The lowest BCUT2D eigenvalue weighted by atomic mass is 10.3. The fraction of sp³-hybridized carbons (Fsp3) is 0. The Labute approximate surface area is 90.9 Å². The van der Waals surface area contributed by atoms with Crippen molar-refractivity contribution >= 4 is 15.9 Å². The van der Waals surface area contributed by atoms with E-state index in [1.54, 1.807) is 4.73 Å². The van der Waals surface area contributed by atoms with E-state index < -0.39 is 0 Å². The molecule has 0 amide bonds. The molecule has 3 heteroatoms. The minimum atomic E-state index is 0.810. The van der Waals surface area contributed by atoms with Crippen molar-refractivity contribution in [3.63, 3.8) is 0 Å². The summed E-state index contributed by atoms with van der Waals surface area (Å²) in [6.45, 7) is 0. The molecule has 2 nitrogen and oxygen atoms in total. The number of rotatable bonds is 2. The van der Waals surface area contributed by atoms with Crippen LogP contribution in [0.2, 0.25) is 0 Å². The standard InChI is InChI=1S/C11H9BrNO/c12-10-4-6-11(7-5-10)14-13-8-2-1-3-9-13/h1-9H/q+1. The van der Waals surface area contributed by atoms with Gasteiger partial charge in [-0.1, -0.05) is 22.0 Å². The van der Waals surface area contributed by atoms with Crippen LogP contribution in [-0.2, 0) is 0 Å². The van der Waals surface area contributed by atoms with E-state index in [0.29, 0.717) is 0 Å². The Morgan fingerprint density at radius 2 is 1.57 bits per heavy atom. The van der Waals surface area contributed by atoms with Crippen LogP contribution in [0, 0.1) is 0 Å². The topological polar surface area (TPSA) is 13.1 Å². The Morgan fingerprint density at radius 1 is 0.929 bits per heavy atom. The molecule has 0 radical (unpaired) electrons. The molecule has 0 aliphatic heterocycles. The molecule has 70 valence electrons. The zero-order chi connectivity index (χ0) is 9.80. The summed E-state index contributed by atoms with van der Waals surface area (Å²) in [5, 5.41) is 0. The molecular weight excluding hydrogens is 242 g/mol. The van der Waals surface area contributed by atoms with E-state index in [1.165, 1.54) is 0 Å². The SMILES string of the molecule is Brc1ccc(O[n+]2ccccc2)cc1. The molecule has 1 heterocycles. The molecule has 0 bridgehead atoms. The van der Waals surface area contributed by atoms with Crippen molar-refractivity contribution < 1.29 is 9.57 Å². The zero-order valence-corrected chi connectivity index (χ0v) is 9.02. The first-order valence-corrected chi connectivity index (χ1v) is 5.04. The third-order valence-electron chi connectivity index (χ3n) is 1.71. The quantitative estimate of drug-likeness (QED) is 0.747. The van der Waals surface area contributed by atoms with E-state index in [9.17, 15) is 0 Å². The van der Waals surface area contributed by atoms with Gasteiger partial charge in [-0.15, -0.1) is 0 Å². The number of halogens is 1. The second-order valence-corrected chi connectivity index (χ2v) is 3.70. The van der Waals surface area contributed by atoms with E-state index in [2.05, 4.69) is 15.9 Å². The van der Waals surface area contributed by atoms with Crippen LogP contribution in [0.3, 0.4) is 0 Å². The average molecular weight is 251 g/mol. The van der Waals surface area contributed by atoms with Crippen molar-refractivity contribution in [2.45, 2.75) is 0 Å². The maximum absolute atomic E-state index is 5.53. The van der Waals surface area contributed by atoms with E-state index in [0.717, 1.165) is 10.2 Å². The van der Waals surface area contributed by atoms with Crippen LogP contribution in [0.1, 0.15) is 0 Å². The van der Waals surface area contributed by atoms with E-state index >= 15 is 0 Å². The Bertz CT molecular complexity index is 399. The van der Waals surface area contributed by atoms with Gasteiger partial charge >= 0.3 is 0 Å². The minimum absolute atomic E-state index is 0.810. The molecule has 0 aliphatic rings. The third-order valence-corrected chi connectivity index (χ3v) is 2.24. The largest absolute Gasteiger partial charge is 0.232 e. The highest BCUT2D eigenvalue weighted by atomic mass is 79.9. The summed E-state index contributed by atoms with van der Waals surface area (Å²) in [5.74, 6) is 0.810. The van der Waals surface area contributed by atoms with Gasteiger partial charge in [-0.25, -0.2) is 4.84 Å². The van der Waals surface area contributed by atoms with Crippen molar-refractivity contribution in [2.75, 3.05) is 0 Å². The highest BCUT2D eigenvalue weighted by Crippen LogP contribution is 2.14. The van der Waals surface area contributed by atoms with Gasteiger partial charge in [-0.05, 0) is 24.3 Å². The van der Waals surface area contributed by atoms with Crippen molar-refractivity contribution in [3.8, 4) is 5.75 Å². The number of benzene rings is 1. The minimum Gasteiger partial charge on any atom is -0.232 e. The van der Waals surface area contributed by atoms with Crippen LogP contribution in [0.25, 0.3) is 0 Å². The van der Waals surface area contributed by atoms with Crippen LogP contribution < -0.4 is 9.57 Å². The van der Waals surface area contributed by atoms with Gasteiger partial charge in [0.2, 0.25) is 18.1 Å². The molecule has 0 saturated heterocycles. The highest BCUT2D eigenvalue weighted by Gasteiger charge is 2.01. The molecule has 1 aromatic carbocycles. The van der Waals surface area contributed by atoms with Gasteiger partial charge in [0.15, 0.2) is 0 Å². The van der Waals surface area contributed by atoms with Crippen molar-refractivity contribution in [1.82, 2.24) is 0 Å². The summed E-state index contributed by atoms with van der Waals surface area (Å²) in [7, 11) is 0. The van der Waals surface area contributed by atoms with Crippen LogP contribution in [0.15, 0.2) is 59.3 Å². The lowest BCUT2D eigenvalue weighted by Gasteiger charge is -1.96. The molecule has 0 saturated carbocycles. The van der Waals surface area contributed by atoms with E-state index in [4.69, 9.17) is 4.84 Å². The first-order valence-electron chi connectivity index (χ1n) is 4.25. The Morgan fingerprint density at radius 3 is 2.21 bits per heavy atom. The molecule has 0 N–H and O–H groups in total. The number of nitrogens with zero attached hydrogens (tertiary/aromatic N) is 1. The zero-order valence-electron chi connectivity index (χ0n) is 7.43. The van der Waals surface area contributed by atoms with Crippen molar-refractivity contribution in [2.24, 2.45) is 0 Å². The highest BCUT2D eigenvalue weighted by molar-refractivity contribution is 9.10. The summed E-state index contributed by atoms with van der Waals surface area (Å²) in [4.78, 5) is 5.53. The monoisotopic (exact) mass is 250 g/mol. The molecule has 14 heavy (non-hydrogen) atoms. The lowest BCUT2D eigenvalue weighted by molar-refractivity contribution is -0.875. The smallest absolute Gasteiger partial charge is 0.223 e. The maximum Gasteiger partial charge on any atom is 0.223 e. The normalized spacial score (nSPS) is 9.79. The third kappa shape index (κ3) is 2.33. The fourth-order valence-corrected chi connectivity index (χ4v) is 1.33. The Balaban J connectivity index is 2.16. The Kier molecular flexibility index (Phi) is 2.79. The maximum atomic E-state index is 5.53. The van der Waals surface area contributed by atoms with Crippen LogP contribution in [0.5, 0.6) is 5.75 Å². The van der Waals surface area contributed by atoms with Gasteiger partial charge in [-0.3, -0.25) is 0 Å². The van der Waals surface area contributed by atoms with Gasteiger partial charge in [0, 0.05) is 21.3 Å². The molecular formula is C11H9BrNO+. The number of hydrogen-bond acceptors (Lipinski definition) is 1.